The molecule has 1 N–H and O–H groups in total. The number of amides is 1. The normalized spacial score (nSPS) is 10.9. The molecule has 0 aliphatic rings. The highest BCUT2D eigenvalue weighted by Crippen LogP contribution is 2.27. The number of hydrogen-bond donors (Lipinski definition) is 1. The van der Waals surface area contributed by atoms with Crippen LogP contribution in [0.1, 0.15) is 11.3 Å². The highest BCUT2D eigenvalue weighted by molar-refractivity contribution is 7.20. The lowest BCUT2D eigenvalue weighted by Gasteiger charge is -2.05. The molecular weight excluding hydrogens is 350 g/mol. The summed E-state index contributed by atoms with van der Waals surface area (Å²) >= 11 is 3.24. The summed E-state index contributed by atoms with van der Waals surface area (Å²) in [6.07, 6.45) is 2.08. The number of carbonyl (C=O) groups excluding carboxylic acids is 1. The second-order valence-electron chi connectivity index (χ2n) is 5.61. The third kappa shape index (κ3) is 3.75. The maximum Gasteiger partial charge on any atom is 0.226 e. The van der Waals surface area contributed by atoms with E-state index in [4.69, 9.17) is 0 Å². The molecule has 25 heavy (non-hydrogen) atoms. The van der Waals surface area contributed by atoms with E-state index in [-0.39, 0.29) is 5.91 Å². The van der Waals surface area contributed by atoms with E-state index in [0.29, 0.717) is 13.0 Å². The number of thiophene rings is 1. The van der Waals surface area contributed by atoms with Gasteiger partial charge in [0, 0.05) is 23.5 Å². The van der Waals surface area contributed by atoms with Crippen molar-refractivity contribution < 1.29 is 4.79 Å². The van der Waals surface area contributed by atoms with Crippen molar-refractivity contribution in [1.82, 2.24) is 15.3 Å². The summed E-state index contributed by atoms with van der Waals surface area (Å²) < 4.78 is 0. The maximum atomic E-state index is 12.2. The number of nitrogens with zero attached hydrogens (tertiary/aromatic N) is 2. The fraction of sp³-hybridized carbons (Fsp3) is 0.105. The Labute approximate surface area is 153 Å². The van der Waals surface area contributed by atoms with E-state index < -0.39 is 0 Å². The van der Waals surface area contributed by atoms with Crippen LogP contribution in [0.25, 0.3) is 20.8 Å². The Kier molecular flexibility index (Phi) is 4.54. The van der Waals surface area contributed by atoms with Crippen LogP contribution in [0.3, 0.4) is 0 Å². The Bertz CT molecular complexity index is 1010. The van der Waals surface area contributed by atoms with E-state index in [0.717, 1.165) is 32.0 Å². The van der Waals surface area contributed by atoms with Crippen LogP contribution in [0.2, 0.25) is 0 Å². The minimum absolute atomic E-state index is 0.0192. The van der Waals surface area contributed by atoms with Gasteiger partial charge in [0.2, 0.25) is 5.91 Å². The number of nitrogens with one attached hydrogen (secondary N) is 1. The van der Waals surface area contributed by atoms with Crippen LogP contribution >= 0.6 is 22.7 Å². The summed E-state index contributed by atoms with van der Waals surface area (Å²) in [5.74, 6) is -0.0192. The Morgan fingerprint density at radius 1 is 1.12 bits per heavy atom. The molecule has 0 spiro atoms. The first-order valence-electron chi connectivity index (χ1n) is 7.86. The molecule has 0 saturated heterocycles. The Morgan fingerprint density at radius 3 is 2.96 bits per heavy atom. The van der Waals surface area contributed by atoms with Crippen LogP contribution < -0.4 is 5.32 Å². The van der Waals surface area contributed by atoms with E-state index >= 15 is 0 Å². The Balaban J connectivity index is 1.37. The second kappa shape index (κ2) is 7.13. The molecule has 3 heterocycles. The van der Waals surface area contributed by atoms with E-state index in [1.165, 1.54) is 0 Å². The highest BCUT2D eigenvalue weighted by Gasteiger charge is 2.09. The largest absolute Gasteiger partial charge is 0.352 e. The van der Waals surface area contributed by atoms with E-state index in [2.05, 4.69) is 21.4 Å². The molecule has 3 aromatic heterocycles. The van der Waals surface area contributed by atoms with Gasteiger partial charge in [0.1, 0.15) is 5.01 Å². The molecule has 4 aromatic rings. The van der Waals surface area contributed by atoms with Gasteiger partial charge in [0.15, 0.2) is 0 Å². The predicted octanol–water partition coefficient (Wildman–Crippen LogP) is 4.28. The minimum Gasteiger partial charge on any atom is -0.352 e. The van der Waals surface area contributed by atoms with Gasteiger partial charge >= 0.3 is 0 Å². The first-order chi connectivity index (χ1) is 12.3. The van der Waals surface area contributed by atoms with Crippen LogP contribution in [-0.2, 0) is 17.8 Å². The minimum atomic E-state index is -0.0192. The average molecular weight is 365 g/mol. The average Bonchev–Trinajstić information content (AvgIpc) is 3.31. The van der Waals surface area contributed by atoms with Crippen molar-refractivity contribution in [2.45, 2.75) is 13.0 Å². The Hall–Kier alpha value is -2.57. The Morgan fingerprint density at radius 2 is 2.08 bits per heavy atom. The number of pyridine rings is 1. The van der Waals surface area contributed by atoms with E-state index in [1.54, 1.807) is 28.9 Å². The number of benzene rings is 1. The maximum absolute atomic E-state index is 12.2. The third-order valence-corrected chi connectivity index (χ3v) is 5.71. The SMILES string of the molecule is O=C(Cc1csc(-c2cccs2)n1)NCc1ccc2ncccc2c1. The standard InChI is InChI=1S/C19H15N3OS2/c23-18(10-15-12-25-19(22-15)17-4-2-8-24-17)21-11-13-5-6-16-14(9-13)3-1-7-20-16/h1-9,12H,10-11H2,(H,21,23). The number of thiazole rings is 1. The molecule has 0 fully saturated rings. The van der Waals surface area contributed by atoms with Crippen LogP contribution in [0.4, 0.5) is 0 Å². The van der Waals surface area contributed by atoms with E-state index in [9.17, 15) is 4.79 Å². The molecule has 6 heteroatoms. The molecule has 0 atom stereocenters. The topological polar surface area (TPSA) is 54.9 Å². The quantitative estimate of drug-likeness (QED) is 0.574. The highest BCUT2D eigenvalue weighted by atomic mass is 32.1. The fourth-order valence-corrected chi connectivity index (χ4v) is 4.20. The molecule has 0 aliphatic heterocycles. The zero-order valence-electron chi connectivity index (χ0n) is 13.3. The molecule has 1 aromatic carbocycles. The van der Waals surface area contributed by atoms with Gasteiger partial charge in [-0.1, -0.05) is 18.2 Å². The lowest BCUT2D eigenvalue weighted by atomic mass is 10.1. The molecule has 0 saturated carbocycles. The summed E-state index contributed by atoms with van der Waals surface area (Å²) in [7, 11) is 0. The van der Waals surface area contributed by atoms with Gasteiger partial charge in [-0.3, -0.25) is 9.78 Å². The van der Waals surface area contributed by atoms with Gasteiger partial charge in [-0.25, -0.2) is 4.98 Å². The lowest BCUT2D eigenvalue weighted by Crippen LogP contribution is -2.24. The molecule has 0 aliphatic carbocycles. The van der Waals surface area contributed by atoms with Crippen LogP contribution in [-0.4, -0.2) is 15.9 Å². The zero-order valence-corrected chi connectivity index (χ0v) is 14.9. The molecule has 0 radical (unpaired) electrons. The first kappa shape index (κ1) is 15.9. The summed E-state index contributed by atoms with van der Waals surface area (Å²) in [6, 6.07) is 14.0. The molecule has 0 bridgehead atoms. The van der Waals surface area contributed by atoms with Gasteiger partial charge in [-0.05, 0) is 35.2 Å². The fourth-order valence-electron chi connectivity index (χ4n) is 2.56. The number of rotatable bonds is 5. The van der Waals surface area contributed by atoms with Gasteiger partial charge < -0.3 is 5.32 Å². The summed E-state index contributed by atoms with van der Waals surface area (Å²) in [5.41, 5.74) is 2.83. The van der Waals surface area contributed by atoms with Crippen molar-refractivity contribution in [2.24, 2.45) is 0 Å². The van der Waals surface area contributed by atoms with Crippen molar-refractivity contribution in [2.75, 3.05) is 0 Å². The van der Waals surface area contributed by atoms with Gasteiger partial charge in [0.25, 0.3) is 0 Å². The number of hydrogen-bond acceptors (Lipinski definition) is 5. The predicted molar refractivity (Wildman–Crippen MR) is 103 cm³/mol. The van der Waals surface area contributed by atoms with Crippen molar-refractivity contribution in [3.8, 4) is 9.88 Å². The molecular formula is C19H15N3OS2. The van der Waals surface area contributed by atoms with Crippen LogP contribution in [0.15, 0.2) is 59.4 Å². The van der Waals surface area contributed by atoms with Gasteiger partial charge in [0.05, 0.1) is 22.5 Å². The molecule has 1 amide bonds. The third-order valence-electron chi connectivity index (χ3n) is 3.78. The van der Waals surface area contributed by atoms with Gasteiger partial charge in [-0.2, -0.15) is 0 Å². The summed E-state index contributed by atoms with van der Waals surface area (Å²) in [6.45, 7) is 0.506. The molecule has 4 nitrogen and oxygen atoms in total. The van der Waals surface area contributed by atoms with E-state index in [1.807, 2.05) is 47.2 Å². The molecule has 124 valence electrons. The first-order valence-corrected chi connectivity index (χ1v) is 9.62. The summed E-state index contributed by atoms with van der Waals surface area (Å²) in [4.78, 5) is 22.2. The molecule has 0 unspecified atom stereocenters. The number of aromatic nitrogens is 2. The van der Waals surface area contributed by atoms with Crippen LogP contribution in [0, 0.1) is 0 Å². The van der Waals surface area contributed by atoms with Gasteiger partial charge in [-0.15, -0.1) is 22.7 Å². The number of carbonyl (C=O) groups is 1. The molecule has 4 rings (SSSR count). The summed E-state index contributed by atoms with van der Waals surface area (Å²) in [5, 5.41) is 9.00. The lowest BCUT2D eigenvalue weighted by molar-refractivity contribution is -0.120. The zero-order chi connectivity index (χ0) is 17.1. The van der Waals surface area contributed by atoms with Crippen molar-refractivity contribution in [3.63, 3.8) is 0 Å². The van der Waals surface area contributed by atoms with Crippen LogP contribution in [0.5, 0.6) is 0 Å². The smallest absolute Gasteiger partial charge is 0.226 e. The second-order valence-corrected chi connectivity index (χ2v) is 7.41. The monoisotopic (exact) mass is 365 g/mol. The van der Waals surface area contributed by atoms with Crippen molar-refractivity contribution in [3.05, 3.63) is 70.7 Å². The van der Waals surface area contributed by atoms with Crippen molar-refractivity contribution >= 4 is 39.5 Å². The number of fused-ring (bicyclic) bond motifs is 1. The van der Waals surface area contributed by atoms with Crippen molar-refractivity contribution in [1.29, 1.82) is 0 Å².